The lowest BCUT2D eigenvalue weighted by atomic mass is 9.46. The number of esters is 1. The van der Waals surface area contributed by atoms with Crippen molar-refractivity contribution in [2.45, 2.75) is 64.9 Å². The van der Waals surface area contributed by atoms with Gasteiger partial charge in [-0.2, -0.15) is 0 Å². The number of hydrogen-bond donors (Lipinski definition) is 1. The first-order chi connectivity index (χ1) is 18.1. The number of aliphatic hydroxyl groups excluding tert-OH is 1. The molecule has 1 N–H and O–H groups in total. The van der Waals surface area contributed by atoms with Crippen LogP contribution < -0.4 is 0 Å². The molecule has 0 heterocycles. The molecule has 0 aliphatic heterocycles. The minimum atomic E-state index is -0.903. The van der Waals surface area contributed by atoms with Gasteiger partial charge in [-0.1, -0.05) is 19.4 Å². The van der Waals surface area contributed by atoms with Crippen molar-refractivity contribution in [3.63, 3.8) is 0 Å². The third-order valence-electron chi connectivity index (χ3n) is 9.67. The molecule has 4 aliphatic carbocycles. The van der Waals surface area contributed by atoms with Gasteiger partial charge in [0.05, 0.1) is 25.9 Å². The number of carbonyl (C=O) groups excluding carboxylic acids is 3. The number of carbonyl (C=O) groups is 3. The van der Waals surface area contributed by atoms with E-state index in [1.165, 1.54) is 5.57 Å². The zero-order chi connectivity index (χ0) is 27.5. The van der Waals surface area contributed by atoms with Crippen LogP contribution in [0.4, 0.5) is 0 Å². The van der Waals surface area contributed by atoms with Crippen molar-refractivity contribution < 1.29 is 43.6 Å². The van der Waals surface area contributed by atoms with Gasteiger partial charge in [0.1, 0.15) is 19.8 Å². The van der Waals surface area contributed by atoms with E-state index in [1.807, 2.05) is 6.08 Å². The highest BCUT2D eigenvalue weighted by Gasteiger charge is 2.62. The van der Waals surface area contributed by atoms with Crippen LogP contribution in [0.1, 0.15) is 58.8 Å². The van der Waals surface area contributed by atoms with Crippen molar-refractivity contribution in [1.29, 1.82) is 0 Å². The molecular weight excluding hydrogens is 498 g/mol. The maximum atomic E-state index is 13.2. The minimum Gasteiger partial charge on any atom is -0.456 e. The van der Waals surface area contributed by atoms with Crippen LogP contribution in [0.2, 0.25) is 0 Å². The molecule has 0 aromatic rings. The Morgan fingerprint density at radius 2 is 1.82 bits per heavy atom. The van der Waals surface area contributed by atoms with Gasteiger partial charge in [0.15, 0.2) is 11.6 Å². The van der Waals surface area contributed by atoms with Crippen LogP contribution in [0.25, 0.3) is 0 Å². The molecule has 11 heteroatoms. The van der Waals surface area contributed by atoms with Crippen LogP contribution >= 0.6 is 0 Å². The average molecular weight is 538 g/mol. The van der Waals surface area contributed by atoms with Crippen molar-refractivity contribution >= 4 is 17.5 Å². The minimum absolute atomic E-state index is 0.0253. The summed E-state index contributed by atoms with van der Waals surface area (Å²) in [4.78, 5) is 51.5. The predicted molar refractivity (Wildman–Crippen MR) is 132 cm³/mol. The highest BCUT2D eigenvalue weighted by molar-refractivity contribution is 5.91. The number of rotatable bonds is 12. The summed E-state index contributed by atoms with van der Waals surface area (Å²) in [5.41, 5.74) is 0.676. The molecule has 3 fully saturated rings. The van der Waals surface area contributed by atoms with E-state index in [9.17, 15) is 29.6 Å². The molecule has 0 saturated heterocycles. The van der Waals surface area contributed by atoms with Gasteiger partial charge >= 0.3 is 5.97 Å². The van der Waals surface area contributed by atoms with Crippen LogP contribution in [0, 0.1) is 44.6 Å². The zero-order valence-electron chi connectivity index (χ0n) is 22.2. The van der Waals surface area contributed by atoms with Crippen molar-refractivity contribution in [2.24, 2.45) is 34.5 Å². The van der Waals surface area contributed by atoms with E-state index in [0.29, 0.717) is 24.7 Å². The normalized spacial score (nSPS) is 35.9. The summed E-state index contributed by atoms with van der Waals surface area (Å²) in [5, 5.41) is 20.6. The van der Waals surface area contributed by atoms with Gasteiger partial charge < -0.3 is 24.2 Å². The third-order valence-corrected chi connectivity index (χ3v) is 9.67. The fourth-order valence-corrected chi connectivity index (χ4v) is 8.06. The zero-order valence-corrected chi connectivity index (χ0v) is 22.2. The van der Waals surface area contributed by atoms with E-state index >= 15 is 0 Å². The lowest BCUT2D eigenvalue weighted by molar-refractivity contribution is -0.758. The standard InChI is InChI=1S/C27H39NO10/c1-26-8-7-18(29)13-17(26)3-4-19-20-5-6-21(27(20,2)14-22(30)25(19)26)23(31)15-37-24(32)16-36-10-9-35-11-12-38-28(33)34/h13,19-22,25,30H,3-12,14-16H2,1-2H3. The summed E-state index contributed by atoms with van der Waals surface area (Å²) in [7, 11) is 0. The Labute approximate surface area is 222 Å². The Kier molecular flexibility index (Phi) is 8.89. The van der Waals surface area contributed by atoms with Crippen LogP contribution in [-0.2, 0) is 33.4 Å². The second-order valence-corrected chi connectivity index (χ2v) is 11.6. The van der Waals surface area contributed by atoms with Gasteiger partial charge in [0.2, 0.25) is 0 Å². The van der Waals surface area contributed by atoms with E-state index in [2.05, 4.69) is 18.7 Å². The third kappa shape index (κ3) is 5.79. The second kappa shape index (κ2) is 11.8. The monoisotopic (exact) mass is 537 g/mol. The quantitative estimate of drug-likeness (QED) is 0.170. The van der Waals surface area contributed by atoms with Gasteiger partial charge in [0, 0.05) is 12.3 Å². The topological polar surface area (TPSA) is 152 Å². The predicted octanol–water partition coefficient (Wildman–Crippen LogP) is 2.46. The molecule has 0 amide bonds. The number of ketones is 2. The average Bonchev–Trinajstić information content (AvgIpc) is 3.20. The fraction of sp³-hybridized carbons (Fsp3) is 0.815. The molecule has 212 valence electrons. The Balaban J connectivity index is 1.25. The first-order valence-electron chi connectivity index (χ1n) is 13.6. The van der Waals surface area contributed by atoms with Gasteiger partial charge in [0.25, 0.3) is 5.09 Å². The first kappa shape index (κ1) is 28.6. The Bertz CT molecular complexity index is 966. The van der Waals surface area contributed by atoms with Crippen LogP contribution in [0.3, 0.4) is 0 Å². The van der Waals surface area contributed by atoms with Crippen molar-refractivity contribution in [3.8, 4) is 0 Å². The Hall–Kier alpha value is -2.37. The van der Waals surface area contributed by atoms with Gasteiger partial charge in [-0.3, -0.25) is 9.59 Å². The lowest BCUT2D eigenvalue weighted by Crippen LogP contribution is -2.57. The van der Waals surface area contributed by atoms with Crippen LogP contribution in [0.5, 0.6) is 0 Å². The Morgan fingerprint density at radius 3 is 2.58 bits per heavy atom. The highest BCUT2D eigenvalue weighted by Crippen LogP contribution is 2.66. The van der Waals surface area contributed by atoms with Crippen molar-refractivity contribution in [1.82, 2.24) is 0 Å². The van der Waals surface area contributed by atoms with E-state index in [0.717, 1.165) is 32.1 Å². The summed E-state index contributed by atoms with van der Waals surface area (Å²) >= 11 is 0. The fourth-order valence-electron chi connectivity index (χ4n) is 8.06. The van der Waals surface area contributed by atoms with E-state index in [-0.39, 0.29) is 73.9 Å². The molecule has 0 bridgehead atoms. The summed E-state index contributed by atoms with van der Waals surface area (Å²) in [6.45, 7) is 3.75. The number of Topliss-reactive ketones (excluding diaryl/α,β-unsaturated/α-hetero) is 1. The van der Waals surface area contributed by atoms with Gasteiger partial charge in [-0.15, -0.1) is 10.1 Å². The van der Waals surface area contributed by atoms with E-state index < -0.39 is 17.2 Å². The molecule has 4 aliphatic rings. The summed E-state index contributed by atoms with van der Waals surface area (Å²) in [5.74, 6) is -0.131. The Morgan fingerprint density at radius 1 is 1.08 bits per heavy atom. The largest absolute Gasteiger partial charge is 0.456 e. The molecule has 0 aromatic carbocycles. The molecule has 3 saturated carbocycles. The number of ether oxygens (including phenoxy) is 3. The molecule has 7 unspecified atom stereocenters. The molecule has 0 radical (unpaired) electrons. The highest BCUT2D eigenvalue weighted by atomic mass is 17.0. The second-order valence-electron chi connectivity index (χ2n) is 11.6. The molecule has 11 nitrogen and oxygen atoms in total. The number of aliphatic hydroxyl groups is 1. The molecule has 38 heavy (non-hydrogen) atoms. The summed E-state index contributed by atoms with van der Waals surface area (Å²) in [6.07, 6.45) is 6.56. The number of allylic oxidation sites excluding steroid dienone is 1. The number of fused-ring (bicyclic) bond motifs is 5. The van der Waals surface area contributed by atoms with Crippen LogP contribution in [-0.4, -0.2) is 73.5 Å². The van der Waals surface area contributed by atoms with E-state index in [1.54, 1.807) is 0 Å². The molecular formula is C27H39NO10. The van der Waals surface area contributed by atoms with Crippen molar-refractivity contribution in [2.75, 3.05) is 39.6 Å². The molecule has 4 rings (SSSR count). The molecule has 0 aromatic heterocycles. The maximum absolute atomic E-state index is 13.2. The molecule has 7 atom stereocenters. The smallest absolute Gasteiger partial charge is 0.332 e. The summed E-state index contributed by atoms with van der Waals surface area (Å²) in [6, 6.07) is 0. The van der Waals surface area contributed by atoms with E-state index in [4.69, 9.17) is 14.2 Å². The maximum Gasteiger partial charge on any atom is 0.332 e. The van der Waals surface area contributed by atoms with Gasteiger partial charge in [-0.25, -0.2) is 4.79 Å². The lowest BCUT2D eigenvalue weighted by Gasteiger charge is -2.59. The number of hydrogen-bond acceptors (Lipinski definition) is 10. The van der Waals surface area contributed by atoms with Crippen molar-refractivity contribution in [3.05, 3.63) is 21.8 Å². The summed E-state index contributed by atoms with van der Waals surface area (Å²) < 4.78 is 15.4. The SMILES string of the molecule is CC12CCC(=O)C=C1CCC1C2C(O)CC2(C)C(C(=O)COC(=O)COCCOCCO[N+](=O)[O-])CCC12. The van der Waals surface area contributed by atoms with Crippen LogP contribution in [0.15, 0.2) is 11.6 Å². The molecule has 0 spiro atoms. The number of nitrogens with zero attached hydrogens (tertiary/aromatic N) is 1. The first-order valence-corrected chi connectivity index (χ1v) is 13.6. The van der Waals surface area contributed by atoms with Gasteiger partial charge in [-0.05, 0) is 73.2 Å².